The minimum absolute atomic E-state index is 0.242. The molecule has 1 aliphatic heterocycles. The summed E-state index contributed by atoms with van der Waals surface area (Å²) < 4.78 is 1.90. The maximum Gasteiger partial charge on any atom is 0.325 e. The molecule has 0 aromatic carbocycles. The van der Waals surface area contributed by atoms with E-state index in [0.29, 0.717) is 13.0 Å². The number of carbonyl (C=O) groups is 2. The Morgan fingerprint density at radius 2 is 2.15 bits per heavy atom. The number of nitrogens with one attached hydrogen (secondary N) is 1. The molecule has 104 valence electrons. The van der Waals surface area contributed by atoms with Gasteiger partial charge in [0.25, 0.3) is 5.91 Å². The molecular formula is C14H16N4O2. The van der Waals surface area contributed by atoms with Gasteiger partial charge in [0.1, 0.15) is 11.2 Å². The summed E-state index contributed by atoms with van der Waals surface area (Å²) in [7, 11) is 0. The van der Waals surface area contributed by atoms with Crippen LogP contribution in [0.2, 0.25) is 0 Å². The summed E-state index contributed by atoms with van der Waals surface area (Å²) in [4.78, 5) is 29.9. The maximum absolute atomic E-state index is 11.9. The van der Waals surface area contributed by atoms with Gasteiger partial charge in [0.15, 0.2) is 0 Å². The Labute approximate surface area is 116 Å². The van der Waals surface area contributed by atoms with E-state index in [4.69, 9.17) is 0 Å². The lowest BCUT2D eigenvalue weighted by molar-refractivity contribution is -0.126. The van der Waals surface area contributed by atoms with E-state index in [9.17, 15) is 9.59 Å². The van der Waals surface area contributed by atoms with E-state index in [1.807, 2.05) is 41.9 Å². The molecule has 0 radical (unpaired) electrons. The van der Waals surface area contributed by atoms with Crippen molar-refractivity contribution in [2.75, 3.05) is 0 Å². The molecule has 0 aliphatic carbocycles. The molecule has 6 nitrogen and oxygen atoms in total. The highest BCUT2D eigenvalue weighted by Crippen LogP contribution is 2.26. The van der Waals surface area contributed by atoms with E-state index >= 15 is 0 Å². The highest BCUT2D eigenvalue weighted by atomic mass is 16.2. The molecule has 1 atom stereocenters. The summed E-state index contributed by atoms with van der Waals surface area (Å²) in [5, 5.41) is 2.38. The first-order chi connectivity index (χ1) is 9.54. The van der Waals surface area contributed by atoms with Crippen molar-refractivity contribution in [1.29, 1.82) is 0 Å². The number of carbonyl (C=O) groups excluding carboxylic acids is 2. The van der Waals surface area contributed by atoms with Crippen molar-refractivity contribution in [2.45, 2.75) is 32.4 Å². The fourth-order valence-electron chi connectivity index (χ4n) is 2.47. The zero-order valence-electron chi connectivity index (χ0n) is 11.5. The van der Waals surface area contributed by atoms with Crippen LogP contribution < -0.4 is 5.32 Å². The quantitative estimate of drug-likeness (QED) is 0.862. The molecule has 20 heavy (non-hydrogen) atoms. The monoisotopic (exact) mass is 272 g/mol. The maximum atomic E-state index is 11.9. The minimum atomic E-state index is -0.799. The van der Waals surface area contributed by atoms with Crippen LogP contribution in [0.3, 0.4) is 0 Å². The number of imidazole rings is 1. The molecule has 3 amide bonds. The van der Waals surface area contributed by atoms with E-state index < -0.39 is 5.54 Å². The number of nitrogens with zero attached hydrogens (tertiary/aromatic N) is 3. The molecule has 3 heterocycles. The normalized spacial score (nSPS) is 22.6. The second-order valence-electron chi connectivity index (χ2n) is 5.17. The smallest absolute Gasteiger partial charge is 0.307 e. The first kappa shape index (κ1) is 12.7. The molecule has 1 N–H and O–H groups in total. The van der Waals surface area contributed by atoms with Crippen LogP contribution in [0, 0.1) is 0 Å². The Bertz CT molecular complexity index is 660. The van der Waals surface area contributed by atoms with Gasteiger partial charge in [-0.2, -0.15) is 0 Å². The van der Waals surface area contributed by atoms with Crippen molar-refractivity contribution < 1.29 is 9.59 Å². The van der Waals surface area contributed by atoms with Crippen molar-refractivity contribution in [2.24, 2.45) is 0 Å². The van der Waals surface area contributed by atoms with Crippen LogP contribution in [0.1, 0.15) is 26.0 Å². The summed E-state index contributed by atoms with van der Waals surface area (Å²) in [5.74, 6) is -0.242. The van der Waals surface area contributed by atoms with Crippen molar-refractivity contribution in [3.8, 4) is 0 Å². The third-order valence-electron chi connectivity index (χ3n) is 3.97. The average molecular weight is 272 g/mol. The topological polar surface area (TPSA) is 66.7 Å². The van der Waals surface area contributed by atoms with Crippen molar-refractivity contribution in [1.82, 2.24) is 19.6 Å². The highest BCUT2D eigenvalue weighted by molar-refractivity contribution is 6.06. The third kappa shape index (κ3) is 1.76. The van der Waals surface area contributed by atoms with Crippen LogP contribution in [0.15, 0.2) is 30.6 Å². The highest BCUT2D eigenvalue weighted by Gasteiger charge is 2.47. The van der Waals surface area contributed by atoms with Crippen molar-refractivity contribution >= 4 is 17.6 Å². The molecule has 0 spiro atoms. The fraction of sp³-hybridized carbons (Fsp3) is 0.357. The van der Waals surface area contributed by atoms with Crippen LogP contribution >= 0.6 is 0 Å². The van der Waals surface area contributed by atoms with E-state index in [1.54, 1.807) is 11.8 Å². The van der Waals surface area contributed by atoms with Crippen molar-refractivity contribution in [3.63, 3.8) is 0 Å². The Kier molecular flexibility index (Phi) is 2.74. The predicted molar refractivity (Wildman–Crippen MR) is 73.0 cm³/mol. The number of amides is 3. The first-order valence-electron chi connectivity index (χ1n) is 6.60. The number of pyridine rings is 1. The minimum Gasteiger partial charge on any atom is -0.307 e. The van der Waals surface area contributed by atoms with E-state index in [0.717, 1.165) is 11.3 Å². The lowest BCUT2D eigenvalue weighted by Crippen LogP contribution is -2.46. The van der Waals surface area contributed by atoms with Crippen LogP contribution in [0.5, 0.6) is 0 Å². The van der Waals surface area contributed by atoms with Gasteiger partial charge in [0.05, 0.1) is 12.2 Å². The summed E-state index contributed by atoms with van der Waals surface area (Å²) >= 11 is 0. The van der Waals surface area contributed by atoms with Gasteiger partial charge in [-0.15, -0.1) is 0 Å². The first-order valence-corrected chi connectivity index (χ1v) is 6.60. The summed E-state index contributed by atoms with van der Waals surface area (Å²) in [6.45, 7) is 4.00. The molecule has 3 rings (SSSR count). The van der Waals surface area contributed by atoms with Crippen LogP contribution in [-0.4, -0.2) is 31.8 Å². The van der Waals surface area contributed by atoms with Gasteiger partial charge in [0.2, 0.25) is 0 Å². The number of fused-ring (bicyclic) bond motifs is 1. The van der Waals surface area contributed by atoms with Gasteiger partial charge in [-0.1, -0.05) is 13.0 Å². The summed E-state index contributed by atoms with van der Waals surface area (Å²) in [6, 6.07) is 5.38. The number of hydrogen-bond donors (Lipinski definition) is 1. The SMILES string of the molecule is CCC1(C)C(=O)NC(=O)N1Cc1cn2ccccc2n1. The second-order valence-corrected chi connectivity index (χ2v) is 5.17. The van der Waals surface area contributed by atoms with Crippen LogP contribution in [-0.2, 0) is 11.3 Å². The van der Waals surface area contributed by atoms with E-state index in [2.05, 4.69) is 10.3 Å². The standard InChI is InChI=1S/C14H16N4O2/c1-3-14(2)12(19)16-13(20)18(14)9-10-8-17-7-5-4-6-11(17)15-10/h4-8H,3,9H2,1-2H3,(H,16,19,20). The lowest BCUT2D eigenvalue weighted by Gasteiger charge is -2.29. The molecule has 1 aliphatic rings. The van der Waals surface area contributed by atoms with E-state index in [-0.39, 0.29) is 11.9 Å². The summed E-state index contributed by atoms with van der Waals surface area (Å²) in [5.41, 5.74) is 0.791. The van der Waals surface area contributed by atoms with Gasteiger partial charge < -0.3 is 9.30 Å². The zero-order chi connectivity index (χ0) is 14.3. The predicted octanol–water partition coefficient (Wildman–Crippen LogP) is 1.55. The number of hydrogen-bond acceptors (Lipinski definition) is 3. The number of aromatic nitrogens is 2. The molecule has 0 bridgehead atoms. The van der Waals surface area contributed by atoms with Gasteiger partial charge in [0, 0.05) is 12.4 Å². The van der Waals surface area contributed by atoms with Crippen LogP contribution in [0.25, 0.3) is 5.65 Å². The van der Waals surface area contributed by atoms with Gasteiger partial charge in [-0.3, -0.25) is 10.1 Å². The molecule has 2 aromatic rings. The molecule has 6 heteroatoms. The van der Waals surface area contributed by atoms with E-state index in [1.165, 1.54) is 0 Å². The number of rotatable bonds is 3. The molecule has 1 fully saturated rings. The van der Waals surface area contributed by atoms with Gasteiger partial charge >= 0.3 is 6.03 Å². The second kappa shape index (κ2) is 4.33. The molecular weight excluding hydrogens is 256 g/mol. The molecule has 1 unspecified atom stereocenters. The summed E-state index contributed by atoms with van der Waals surface area (Å²) in [6.07, 6.45) is 4.35. The Balaban J connectivity index is 1.93. The van der Waals surface area contributed by atoms with Gasteiger partial charge in [-0.05, 0) is 25.5 Å². The fourth-order valence-corrected chi connectivity index (χ4v) is 2.47. The number of imide groups is 1. The Morgan fingerprint density at radius 3 is 2.85 bits per heavy atom. The Morgan fingerprint density at radius 1 is 1.35 bits per heavy atom. The van der Waals surface area contributed by atoms with Gasteiger partial charge in [-0.25, -0.2) is 9.78 Å². The molecule has 2 aromatic heterocycles. The lowest BCUT2D eigenvalue weighted by atomic mass is 9.97. The average Bonchev–Trinajstić information content (AvgIpc) is 2.93. The molecule has 0 saturated carbocycles. The zero-order valence-corrected chi connectivity index (χ0v) is 11.5. The number of urea groups is 1. The third-order valence-corrected chi connectivity index (χ3v) is 3.97. The molecule has 1 saturated heterocycles. The Hall–Kier alpha value is -2.37. The van der Waals surface area contributed by atoms with Crippen molar-refractivity contribution in [3.05, 3.63) is 36.3 Å². The largest absolute Gasteiger partial charge is 0.325 e. The van der Waals surface area contributed by atoms with Crippen LogP contribution in [0.4, 0.5) is 4.79 Å².